The summed E-state index contributed by atoms with van der Waals surface area (Å²) in [4.78, 5) is 0. The van der Waals surface area contributed by atoms with Gasteiger partial charge in [0.05, 0.1) is 0 Å². The molecule has 0 bridgehead atoms. The third-order valence-corrected chi connectivity index (χ3v) is 0.925. The fraction of sp³-hybridized carbons (Fsp3) is 1.00. The number of aliphatic hydroxyl groups is 1. The van der Waals surface area contributed by atoms with E-state index in [9.17, 15) is 0 Å². The highest BCUT2D eigenvalue weighted by atomic mass is 16.5. The molecule has 0 aliphatic heterocycles. The van der Waals surface area contributed by atoms with Crippen molar-refractivity contribution in [3.05, 3.63) is 0 Å². The zero-order chi connectivity index (χ0) is 6.95. The third kappa shape index (κ3) is 7.84. The van der Waals surface area contributed by atoms with Gasteiger partial charge < -0.3 is 15.6 Å². The lowest BCUT2D eigenvalue weighted by molar-refractivity contribution is 0.167. The van der Waals surface area contributed by atoms with E-state index in [0.29, 0.717) is 6.54 Å². The van der Waals surface area contributed by atoms with Gasteiger partial charge in [-0.1, -0.05) is 0 Å². The van der Waals surface area contributed by atoms with Gasteiger partial charge in [-0.3, -0.25) is 0 Å². The van der Waals surface area contributed by atoms with Crippen molar-refractivity contribution in [3.8, 4) is 0 Å². The summed E-state index contributed by atoms with van der Waals surface area (Å²) in [5.74, 6) is 0. The number of aliphatic hydroxyl groups excluding tert-OH is 1. The molecule has 0 radical (unpaired) electrons. The van der Waals surface area contributed by atoms with Gasteiger partial charge in [0.1, 0.15) is 0 Å². The second-order valence-electron chi connectivity index (χ2n) is 1.74. The molecule has 4 N–H and O–H groups in total. The number of rotatable bonds is 6. The van der Waals surface area contributed by atoms with Crippen molar-refractivity contribution in [3.63, 3.8) is 0 Å². The summed E-state index contributed by atoms with van der Waals surface area (Å²) in [6.45, 7) is 2.31. The fourth-order valence-corrected chi connectivity index (χ4v) is 0.473. The predicted octanol–water partition coefficient (Wildman–Crippen LogP) is -1.06. The first kappa shape index (κ1) is 8.84. The molecule has 0 spiro atoms. The Morgan fingerprint density at radius 1 is 1.11 bits per heavy atom. The van der Waals surface area contributed by atoms with Crippen molar-refractivity contribution in [2.75, 3.05) is 26.2 Å². The van der Waals surface area contributed by atoms with Crippen molar-refractivity contribution in [1.82, 2.24) is 10.8 Å². The van der Waals surface area contributed by atoms with Crippen LogP contribution in [-0.2, 0) is 0 Å². The largest absolute Gasteiger partial charge is 0.396 e. The van der Waals surface area contributed by atoms with Gasteiger partial charge in [-0.15, -0.1) is 0 Å². The Bertz CT molecular complexity index is 46.2. The molecule has 0 saturated heterocycles. The summed E-state index contributed by atoms with van der Waals surface area (Å²) in [5, 5.41) is 19.4. The molecule has 0 aromatic heterocycles. The molecule has 0 unspecified atom stereocenters. The van der Waals surface area contributed by atoms with Crippen LogP contribution in [0.4, 0.5) is 0 Å². The maximum absolute atomic E-state index is 8.32. The lowest BCUT2D eigenvalue weighted by atomic mass is 10.4. The van der Waals surface area contributed by atoms with Crippen LogP contribution in [0.15, 0.2) is 0 Å². The summed E-state index contributed by atoms with van der Waals surface area (Å²) in [6, 6.07) is 0. The monoisotopic (exact) mass is 134 g/mol. The molecular formula is C5H14N2O2. The van der Waals surface area contributed by atoms with E-state index in [1.165, 1.54) is 0 Å². The van der Waals surface area contributed by atoms with E-state index >= 15 is 0 Å². The second-order valence-corrected chi connectivity index (χ2v) is 1.74. The van der Waals surface area contributed by atoms with Crippen molar-refractivity contribution in [1.29, 1.82) is 0 Å². The van der Waals surface area contributed by atoms with Gasteiger partial charge in [0.25, 0.3) is 0 Å². The molecule has 0 amide bonds. The SMILES string of the molecule is OCCCNCCNO. The van der Waals surface area contributed by atoms with Gasteiger partial charge in [-0.25, -0.2) is 5.48 Å². The van der Waals surface area contributed by atoms with Crippen LogP contribution in [0.3, 0.4) is 0 Å². The van der Waals surface area contributed by atoms with Crippen LogP contribution >= 0.6 is 0 Å². The van der Waals surface area contributed by atoms with E-state index in [1.54, 1.807) is 0 Å². The number of nitrogens with one attached hydrogen (secondary N) is 2. The molecule has 56 valence electrons. The molecule has 0 fully saturated rings. The Morgan fingerprint density at radius 3 is 2.44 bits per heavy atom. The maximum Gasteiger partial charge on any atom is 0.0443 e. The summed E-state index contributed by atoms with van der Waals surface area (Å²) < 4.78 is 0. The van der Waals surface area contributed by atoms with E-state index in [4.69, 9.17) is 10.3 Å². The van der Waals surface area contributed by atoms with Gasteiger partial charge in [0, 0.05) is 19.7 Å². The summed E-state index contributed by atoms with van der Waals surface area (Å²) in [5.41, 5.74) is 2.02. The van der Waals surface area contributed by atoms with Gasteiger partial charge in [0.15, 0.2) is 0 Å². The Balaban J connectivity index is 2.60. The van der Waals surface area contributed by atoms with Crippen LogP contribution < -0.4 is 10.8 Å². The molecule has 4 heteroatoms. The van der Waals surface area contributed by atoms with Crippen LogP contribution in [0.1, 0.15) is 6.42 Å². The minimum absolute atomic E-state index is 0.222. The molecule has 4 nitrogen and oxygen atoms in total. The highest BCUT2D eigenvalue weighted by Crippen LogP contribution is 1.69. The highest BCUT2D eigenvalue weighted by molar-refractivity contribution is 4.45. The first-order valence-corrected chi connectivity index (χ1v) is 3.10. The Labute approximate surface area is 54.8 Å². The average molecular weight is 134 g/mol. The van der Waals surface area contributed by atoms with E-state index in [-0.39, 0.29) is 6.61 Å². The third-order valence-electron chi connectivity index (χ3n) is 0.925. The van der Waals surface area contributed by atoms with Crippen LogP contribution in [0, 0.1) is 0 Å². The Kier molecular flexibility index (Phi) is 7.70. The first-order valence-electron chi connectivity index (χ1n) is 3.10. The Morgan fingerprint density at radius 2 is 1.89 bits per heavy atom. The molecule has 0 saturated carbocycles. The maximum atomic E-state index is 8.32. The first-order chi connectivity index (χ1) is 4.41. The number of hydrogen-bond acceptors (Lipinski definition) is 4. The zero-order valence-electron chi connectivity index (χ0n) is 5.43. The smallest absolute Gasteiger partial charge is 0.0443 e. The minimum Gasteiger partial charge on any atom is -0.396 e. The van der Waals surface area contributed by atoms with Gasteiger partial charge >= 0.3 is 0 Å². The average Bonchev–Trinajstić information content (AvgIpc) is 1.89. The van der Waals surface area contributed by atoms with Crippen LogP contribution in [0.5, 0.6) is 0 Å². The topological polar surface area (TPSA) is 64.5 Å². The van der Waals surface area contributed by atoms with Crippen molar-refractivity contribution in [2.45, 2.75) is 6.42 Å². The van der Waals surface area contributed by atoms with Crippen molar-refractivity contribution < 1.29 is 10.3 Å². The molecule has 0 atom stereocenters. The quantitative estimate of drug-likeness (QED) is 0.276. The summed E-state index contributed by atoms with van der Waals surface area (Å²) >= 11 is 0. The van der Waals surface area contributed by atoms with E-state index < -0.39 is 0 Å². The standard InChI is InChI=1S/C5H14N2O2/c8-5-1-2-6-3-4-7-9/h6-9H,1-5H2. The van der Waals surface area contributed by atoms with Gasteiger partial charge in [-0.05, 0) is 13.0 Å². The molecule has 0 aliphatic rings. The normalized spacial score (nSPS) is 10.0. The molecule has 0 aromatic carbocycles. The minimum atomic E-state index is 0.222. The second kappa shape index (κ2) is 7.84. The molecule has 0 heterocycles. The molecular weight excluding hydrogens is 120 g/mol. The summed E-state index contributed by atoms with van der Waals surface area (Å²) in [6.07, 6.45) is 0.769. The number of hydroxylamine groups is 1. The molecule has 0 aromatic rings. The van der Waals surface area contributed by atoms with Crippen molar-refractivity contribution in [2.24, 2.45) is 0 Å². The lowest BCUT2D eigenvalue weighted by Gasteiger charge is -2.00. The van der Waals surface area contributed by atoms with E-state index in [2.05, 4.69) is 5.32 Å². The molecule has 0 aliphatic carbocycles. The highest BCUT2D eigenvalue weighted by Gasteiger charge is 1.83. The van der Waals surface area contributed by atoms with Crippen LogP contribution in [0.25, 0.3) is 0 Å². The van der Waals surface area contributed by atoms with E-state index in [1.807, 2.05) is 5.48 Å². The zero-order valence-corrected chi connectivity index (χ0v) is 5.43. The number of hydrogen-bond donors (Lipinski definition) is 4. The Hall–Kier alpha value is -0.160. The lowest BCUT2D eigenvalue weighted by Crippen LogP contribution is -2.26. The fourth-order valence-electron chi connectivity index (χ4n) is 0.473. The van der Waals surface area contributed by atoms with Crippen molar-refractivity contribution >= 4 is 0 Å². The molecule has 0 rings (SSSR count). The predicted molar refractivity (Wildman–Crippen MR) is 34.4 cm³/mol. The van der Waals surface area contributed by atoms with Gasteiger partial charge in [0.2, 0.25) is 0 Å². The van der Waals surface area contributed by atoms with Crippen LogP contribution in [-0.4, -0.2) is 36.6 Å². The molecule has 9 heavy (non-hydrogen) atoms. The summed E-state index contributed by atoms with van der Waals surface area (Å²) in [7, 11) is 0. The van der Waals surface area contributed by atoms with Gasteiger partial charge in [-0.2, -0.15) is 0 Å². The van der Waals surface area contributed by atoms with E-state index in [0.717, 1.165) is 19.5 Å². The van der Waals surface area contributed by atoms with Crippen LogP contribution in [0.2, 0.25) is 0 Å².